The van der Waals surface area contributed by atoms with E-state index in [-0.39, 0.29) is 11.9 Å². The van der Waals surface area contributed by atoms with Crippen molar-refractivity contribution in [2.45, 2.75) is 40.0 Å². The Balaban J connectivity index is 1.34. The minimum Gasteiger partial charge on any atom is -0.466 e. The Morgan fingerprint density at radius 2 is 1.34 bits per heavy atom. The third kappa shape index (κ3) is 6.12. The molecule has 2 fully saturated rings. The van der Waals surface area contributed by atoms with Crippen molar-refractivity contribution < 1.29 is 14.3 Å². The Morgan fingerprint density at radius 3 is 1.89 bits per heavy atom. The number of amides is 1. The molecule has 5 rings (SSSR count). The van der Waals surface area contributed by atoms with Gasteiger partial charge in [0.1, 0.15) is 12.1 Å². The lowest BCUT2D eigenvalue weighted by Gasteiger charge is -2.41. The van der Waals surface area contributed by atoms with Gasteiger partial charge < -0.3 is 19.4 Å². The molecule has 0 spiro atoms. The average molecular weight is 590 g/mol. The molecule has 0 saturated carbocycles. The van der Waals surface area contributed by atoms with Crippen LogP contribution >= 0.6 is 0 Å². The van der Waals surface area contributed by atoms with Gasteiger partial charge in [0.05, 0.1) is 34.5 Å². The molecule has 0 aromatic heterocycles. The molecule has 8 nitrogen and oxygen atoms in total. The molecule has 0 N–H and O–H groups in total. The van der Waals surface area contributed by atoms with Gasteiger partial charge in [-0.15, -0.1) is 0 Å². The molecule has 2 aliphatic rings. The number of esters is 1. The van der Waals surface area contributed by atoms with E-state index in [0.717, 1.165) is 28.1 Å². The van der Waals surface area contributed by atoms with E-state index in [4.69, 9.17) is 4.74 Å². The monoisotopic (exact) mass is 589 g/mol. The predicted molar refractivity (Wildman–Crippen MR) is 171 cm³/mol. The molecule has 2 heterocycles. The van der Waals surface area contributed by atoms with Gasteiger partial charge >= 0.3 is 5.97 Å². The van der Waals surface area contributed by atoms with Gasteiger partial charge in [-0.25, -0.2) is 0 Å². The number of nitrogens with zero attached hydrogens (tertiary/aromatic N) is 5. The second-order valence-electron chi connectivity index (χ2n) is 11.8. The highest BCUT2D eigenvalue weighted by atomic mass is 16.5. The van der Waals surface area contributed by atoms with Crippen LogP contribution in [0, 0.1) is 41.9 Å². The Labute approximate surface area is 260 Å². The number of ether oxygens (including phenoxy) is 1. The summed E-state index contributed by atoms with van der Waals surface area (Å²) in [6, 6.07) is 23.7. The molecule has 0 bridgehead atoms. The topological polar surface area (TPSA) is 101 Å². The summed E-state index contributed by atoms with van der Waals surface area (Å²) < 4.78 is 5.63. The smallest absolute Gasteiger partial charge is 0.312 e. The molecule has 2 aliphatic heterocycles. The number of benzene rings is 3. The Bertz CT molecular complexity index is 1620. The van der Waals surface area contributed by atoms with Gasteiger partial charge in [-0.2, -0.15) is 10.5 Å². The van der Waals surface area contributed by atoms with Gasteiger partial charge in [0.2, 0.25) is 0 Å². The summed E-state index contributed by atoms with van der Waals surface area (Å²) in [5.74, 6) is -0.208. The van der Waals surface area contributed by atoms with Crippen molar-refractivity contribution in [1.82, 2.24) is 4.90 Å². The number of piperazine rings is 1. The van der Waals surface area contributed by atoms with E-state index < -0.39 is 5.41 Å². The second-order valence-corrected chi connectivity index (χ2v) is 11.8. The molecule has 0 atom stereocenters. The number of anilines is 2. The third-order valence-electron chi connectivity index (χ3n) is 9.17. The van der Waals surface area contributed by atoms with Crippen LogP contribution in [0.4, 0.5) is 11.4 Å². The fourth-order valence-corrected chi connectivity index (χ4v) is 6.60. The highest BCUT2D eigenvalue weighted by molar-refractivity contribution is 5.96. The van der Waals surface area contributed by atoms with Crippen LogP contribution in [-0.2, 0) is 16.0 Å². The van der Waals surface area contributed by atoms with Gasteiger partial charge in [0, 0.05) is 44.8 Å². The first-order chi connectivity index (χ1) is 21.3. The summed E-state index contributed by atoms with van der Waals surface area (Å²) in [5.41, 5.74) is 5.97. The van der Waals surface area contributed by atoms with Crippen LogP contribution in [0.1, 0.15) is 57.9 Å². The SMILES string of the molecule is CCOC(=O)C1(Cc2cc(C(=O)N3CCN(c4ccccc4C#N)CC3)c(C)cc2C)CCN(c2ccccc2C#N)CC1. The maximum atomic E-state index is 13.8. The molecule has 0 radical (unpaired) electrons. The highest BCUT2D eigenvalue weighted by Gasteiger charge is 2.43. The van der Waals surface area contributed by atoms with Crippen molar-refractivity contribution in [2.24, 2.45) is 5.41 Å². The quantitative estimate of drug-likeness (QED) is 0.340. The molecule has 44 heavy (non-hydrogen) atoms. The number of nitriles is 2. The average Bonchev–Trinajstić information content (AvgIpc) is 3.06. The lowest BCUT2D eigenvalue weighted by atomic mass is 9.72. The minimum atomic E-state index is -0.714. The van der Waals surface area contributed by atoms with Crippen molar-refractivity contribution in [3.05, 3.63) is 94.0 Å². The number of carbonyl (C=O) groups excluding carboxylic acids is 2. The zero-order valence-electron chi connectivity index (χ0n) is 25.8. The van der Waals surface area contributed by atoms with E-state index >= 15 is 0 Å². The number of aryl methyl sites for hydroxylation is 2. The first kappa shape index (κ1) is 30.6. The fraction of sp³-hybridized carbons (Fsp3) is 0.389. The van der Waals surface area contributed by atoms with Crippen LogP contribution in [0.5, 0.6) is 0 Å². The maximum absolute atomic E-state index is 13.8. The molecule has 0 unspecified atom stereocenters. The lowest BCUT2D eigenvalue weighted by molar-refractivity contribution is -0.156. The van der Waals surface area contributed by atoms with E-state index in [1.165, 1.54) is 0 Å². The first-order valence-corrected chi connectivity index (χ1v) is 15.3. The number of hydrogen-bond donors (Lipinski definition) is 0. The summed E-state index contributed by atoms with van der Waals surface area (Å²) >= 11 is 0. The van der Waals surface area contributed by atoms with Gasteiger partial charge in [0.15, 0.2) is 0 Å². The van der Waals surface area contributed by atoms with Crippen molar-refractivity contribution in [3.8, 4) is 12.1 Å². The standard InChI is InChI=1S/C36H39N5O3/c1-4-44-35(43)36(13-15-39(16-14-36)32-11-7-5-9-28(32)24-37)23-30-22-31(27(3)21-26(30)2)34(42)41-19-17-40(18-20-41)33-12-8-6-10-29(33)25-38/h5-12,21-22H,4,13-20,23H2,1-3H3. The van der Waals surface area contributed by atoms with Crippen LogP contribution in [0.3, 0.4) is 0 Å². The van der Waals surface area contributed by atoms with E-state index in [9.17, 15) is 20.1 Å². The van der Waals surface area contributed by atoms with Crippen LogP contribution in [0.15, 0.2) is 60.7 Å². The molecule has 226 valence electrons. The highest BCUT2D eigenvalue weighted by Crippen LogP contribution is 2.40. The normalized spacial score (nSPS) is 16.2. The zero-order valence-corrected chi connectivity index (χ0v) is 25.8. The zero-order chi connectivity index (χ0) is 31.3. The van der Waals surface area contributed by atoms with E-state index in [1.54, 1.807) is 0 Å². The molecule has 2 saturated heterocycles. The van der Waals surface area contributed by atoms with Crippen molar-refractivity contribution in [3.63, 3.8) is 0 Å². The lowest BCUT2D eigenvalue weighted by Crippen LogP contribution is -2.49. The van der Waals surface area contributed by atoms with Gasteiger partial charge in [-0.3, -0.25) is 9.59 Å². The van der Waals surface area contributed by atoms with E-state index in [0.29, 0.717) is 81.8 Å². The Hall–Kier alpha value is -4.82. The predicted octanol–water partition coefficient (Wildman–Crippen LogP) is 5.40. The van der Waals surface area contributed by atoms with Crippen LogP contribution < -0.4 is 9.80 Å². The Kier molecular flexibility index (Phi) is 9.20. The number of carbonyl (C=O) groups is 2. The summed E-state index contributed by atoms with van der Waals surface area (Å²) in [7, 11) is 0. The third-order valence-corrected chi connectivity index (χ3v) is 9.17. The maximum Gasteiger partial charge on any atom is 0.312 e. The summed E-state index contributed by atoms with van der Waals surface area (Å²) in [5, 5.41) is 19.1. The number of rotatable bonds is 7. The molecule has 1 amide bonds. The van der Waals surface area contributed by atoms with Crippen molar-refractivity contribution >= 4 is 23.3 Å². The molecule has 3 aromatic rings. The van der Waals surface area contributed by atoms with E-state index in [1.807, 2.05) is 80.3 Å². The van der Waals surface area contributed by atoms with Crippen LogP contribution in [-0.4, -0.2) is 62.7 Å². The van der Waals surface area contributed by atoms with Crippen LogP contribution in [0.2, 0.25) is 0 Å². The minimum absolute atomic E-state index is 0.00918. The molecule has 0 aliphatic carbocycles. The largest absolute Gasteiger partial charge is 0.466 e. The second kappa shape index (κ2) is 13.2. The number of piperidine rings is 1. The summed E-state index contributed by atoms with van der Waals surface area (Å²) in [4.78, 5) is 33.6. The molecule has 3 aromatic carbocycles. The van der Waals surface area contributed by atoms with E-state index in [2.05, 4.69) is 28.0 Å². The van der Waals surface area contributed by atoms with Crippen molar-refractivity contribution in [1.29, 1.82) is 10.5 Å². The van der Waals surface area contributed by atoms with Crippen molar-refractivity contribution in [2.75, 3.05) is 55.7 Å². The number of hydrogen-bond acceptors (Lipinski definition) is 7. The molecular weight excluding hydrogens is 550 g/mol. The van der Waals surface area contributed by atoms with Gasteiger partial charge in [-0.05, 0) is 87.1 Å². The van der Waals surface area contributed by atoms with Gasteiger partial charge in [-0.1, -0.05) is 30.3 Å². The molecule has 8 heteroatoms. The number of para-hydroxylation sites is 2. The van der Waals surface area contributed by atoms with Crippen LogP contribution in [0.25, 0.3) is 0 Å². The van der Waals surface area contributed by atoms with Gasteiger partial charge in [0.25, 0.3) is 5.91 Å². The summed E-state index contributed by atoms with van der Waals surface area (Å²) in [6.07, 6.45) is 1.67. The fourth-order valence-electron chi connectivity index (χ4n) is 6.60. The molecular formula is C36H39N5O3. The summed E-state index contributed by atoms with van der Waals surface area (Å²) in [6.45, 7) is 9.84. The Morgan fingerprint density at radius 1 is 0.795 bits per heavy atom. The first-order valence-electron chi connectivity index (χ1n) is 15.3.